The van der Waals surface area contributed by atoms with Crippen molar-refractivity contribution in [3.05, 3.63) is 66.7 Å². The highest BCUT2D eigenvalue weighted by molar-refractivity contribution is 6.53. The number of fused-ring (bicyclic) bond motifs is 2. The van der Waals surface area contributed by atoms with E-state index < -0.39 is 11.8 Å². The standard InChI is InChI=1S/C20H15Cl4NO3/c1-4-25-9(2)13(10-7-5-6-8-11(10)25)20(27-3)14-12(19(26)28-20)15(21)17(23)18(24)16(14)22/h5-8H,4H2,1-3H3. The Hall–Kier alpha value is -1.43. The number of benzene rings is 2. The van der Waals surface area contributed by atoms with Crippen molar-refractivity contribution in [2.75, 3.05) is 7.11 Å². The Balaban J connectivity index is 2.18. The van der Waals surface area contributed by atoms with E-state index >= 15 is 0 Å². The lowest BCUT2D eigenvalue weighted by Crippen LogP contribution is -2.31. The largest absolute Gasteiger partial charge is 0.420 e. The van der Waals surface area contributed by atoms with E-state index in [1.807, 2.05) is 38.1 Å². The maximum absolute atomic E-state index is 12.8. The monoisotopic (exact) mass is 457 g/mol. The molecule has 146 valence electrons. The van der Waals surface area contributed by atoms with E-state index in [4.69, 9.17) is 55.9 Å². The lowest BCUT2D eigenvalue weighted by atomic mass is 9.93. The summed E-state index contributed by atoms with van der Waals surface area (Å²) in [4.78, 5) is 12.8. The zero-order valence-electron chi connectivity index (χ0n) is 15.2. The fourth-order valence-electron chi connectivity index (χ4n) is 4.04. The third-order valence-corrected chi connectivity index (χ3v) is 7.00. The summed E-state index contributed by atoms with van der Waals surface area (Å²) in [5.41, 5.74) is 2.87. The summed E-state index contributed by atoms with van der Waals surface area (Å²) < 4.78 is 13.8. The summed E-state index contributed by atoms with van der Waals surface area (Å²) in [5, 5.41) is 0.994. The number of halogens is 4. The van der Waals surface area contributed by atoms with Crippen LogP contribution in [0.25, 0.3) is 10.9 Å². The molecule has 28 heavy (non-hydrogen) atoms. The topological polar surface area (TPSA) is 40.5 Å². The first kappa shape index (κ1) is 19.9. The summed E-state index contributed by atoms with van der Waals surface area (Å²) in [6.45, 7) is 4.71. The molecular weight excluding hydrogens is 444 g/mol. The number of hydrogen-bond donors (Lipinski definition) is 0. The highest BCUT2D eigenvalue weighted by Gasteiger charge is 2.54. The third kappa shape index (κ3) is 2.39. The van der Waals surface area contributed by atoms with E-state index in [-0.39, 0.29) is 31.2 Å². The zero-order valence-corrected chi connectivity index (χ0v) is 18.2. The predicted octanol–water partition coefficient (Wildman–Crippen LogP) is 6.60. The van der Waals surface area contributed by atoms with Crippen LogP contribution in [0.2, 0.25) is 20.1 Å². The van der Waals surface area contributed by atoms with Crippen molar-refractivity contribution < 1.29 is 14.3 Å². The maximum atomic E-state index is 12.8. The van der Waals surface area contributed by atoms with Crippen LogP contribution in [0.5, 0.6) is 0 Å². The van der Waals surface area contributed by atoms with E-state index in [2.05, 4.69) is 4.57 Å². The van der Waals surface area contributed by atoms with E-state index in [1.165, 1.54) is 7.11 Å². The molecule has 0 bridgehead atoms. The smallest absolute Gasteiger partial charge is 0.343 e. The van der Waals surface area contributed by atoms with Gasteiger partial charge in [-0.25, -0.2) is 4.79 Å². The summed E-state index contributed by atoms with van der Waals surface area (Å²) >= 11 is 25.3. The number of aromatic nitrogens is 1. The maximum Gasteiger partial charge on any atom is 0.343 e. The van der Waals surface area contributed by atoms with Gasteiger partial charge in [0, 0.05) is 30.3 Å². The minimum Gasteiger partial charge on any atom is -0.420 e. The highest BCUT2D eigenvalue weighted by atomic mass is 35.5. The second-order valence-electron chi connectivity index (χ2n) is 6.44. The minimum atomic E-state index is -1.59. The first-order valence-corrected chi connectivity index (χ1v) is 10.0. The molecule has 1 atom stereocenters. The molecule has 0 N–H and O–H groups in total. The zero-order chi connectivity index (χ0) is 20.4. The summed E-state index contributed by atoms with van der Waals surface area (Å²) in [5.74, 6) is -2.26. The highest BCUT2D eigenvalue weighted by Crippen LogP contribution is 2.54. The van der Waals surface area contributed by atoms with Gasteiger partial charge in [-0.2, -0.15) is 0 Å². The predicted molar refractivity (Wildman–Crippen MR) is 112 cm³/mol. The second-order valence-corrected chi connectivity index (χ2v) is 7.95. The number of para-hydroxylation sites is 1. The Kier molecular flexibility index (Phi) is 4.84. The van der Waals surface area contributed by atoms with Gasteiger partial charge in [0.2, 0.25) is 0 Å². The van der Waals surface area contributed by atoms with Crippen LogP contribution in [-0.2, 0) is 21.8 Å². The Bertz CT molecular complexity index is 1150. The molecule has 0 saturated carbocycles. The Labute approximate surface area is 181 Å². The van der Waals surface area contributed by atoms with Gasteiger partial charge in [-0.05, 0) is 19.9 Å². The Morgan fingerprint density at radius 2 is 1.68 bits per heavy atom. The van der Waals surface area contributed by atoms with Crippen LogP contribution in [0.4, 0.5) is 0 Å². The van der Waals surface area contributed by atoms with Crippen molar-refractivity contribution in [1.82, 2.24) is 4.57 Å². The minimum absolute atomic E-state index is 0.00337. The molecule has 4 nitrogen and oxygen atoms in total. The molecule has 1 aliphatic rings. The molecule has 0 spiro atoms. The number of methoxy groups -OCH3 is 1. The SMILES string of the molecule is CCn1c(C)c(C2(OC)OC(=O)c3c(Cl)c(Cl)c(Cl)c(Cl)c32)c2ccccc21. The number of cyclic esters (lactones) is 1. The molecule has 0 saturated heterocycles. The number of ether oxygens (including phenoxy) is 2. The molecule has 1 aromatic heterocycles. The molecule has 2 aromatic carbocycles. The molecule has 8 heteroatoms. The number of esters is 1. The number of carbonyl (C=O) groups is 1. The van der Waals surface area contributed by atoms with Crippen LogP contribution in [0.15, 0.2) is 24.3 Å². The molecule has 1 unspecified atom stereocenters. The van der Waals surface area contributed by atoms with Gasteiger partial charge in [0.05, 0.1) is 36.8 Å². The van der Waals surface area contributed by atoms with Crippen LogP contribution < -0.4 is 0 Å². The van der Waals surface area contributed by atoms with Crippen LogP contribution in [0.3, 0.4) is 0 Å². The van der Waals surface area contributed by atoms with E-state index in [0.29, 0.717) is 5.56 Å². The first-order chi connectivity index (χ1) is 13.3. The normalized spacial score (nSPS) is 18.6. The lowest BCUT2D eigenvalue weighted by molar-refractivity contribution is -0.154. The summed E-state index contributed by atoms with van der Waals surface area (Å²) in [6.07, 6.45) is 0. The van der Waals surface area contributed by atoms with Crippen molar-refractivity contribution in [1.29, 1.82) is 0 Å². The number of rotatable bonds is 3. The molecule has 0 aliphatic carbocycles. The molecule has 0 fully saturated rings. The number of aryl methyl sites for hydroxylation is 1. The van der Waals surface area contributed by atoms with Gasteiger partial charge < -0.3 is 14.0 Å². The van der Waals surface area contributed by atoms with Gasteiger partial charge in [-0.3, -0.25) is 0 Å². The molecule has 2 heterocycles. The fraction of sp³-hybridized carbons (Fsp3) is 0.250. The third-order valence-electron chi connectivity index (χ3n) is 5.20. The summed E-state index contributed by atoms with van der Waals surface area (Å²) in [6, 6.07) is 7.81. The van der Waals surface area contributed by atoms with Gasteiger partial charge >= 0.3 is 5.97 Å². The van der Waals surface area contributed by atoms with E-state index in [1.54, 1.807) is 0 Å². The molecular formula is C20H15Cl4NO3. The van der Waals surface area contributed by atoms with Crippen molar-refractivity contribution in [2.45, 2.75) is 26.2 Å². The van der Waals surface area contributed by atoms with Crippen molar-refractivity contribution >= 4 is 63.3 Å². The van der Waals surface area contributed by atoms with Crippen LogP contribution in [0, 0.1) is 6.92 Å². The average Bonchev–Trinajstić information content (AvgIpc) is 3.15. The first-order valence-electron chi connectivity index (χ1n) is 8.53. The lowest BCUT2D eigenvalue weighted by Gasteiger charge is -2.29. The number of carbonyl (C=O) groups excluding carboxylic acids is 1. The average molecular weight is 459 g/mol. The van der Waals surface area contributed by atoms with Crippen molar-refractivity contribution in [3.8, 4) is 0 Å². The van der Waals surface area contributed by atoms with Crippen LogP contribution in [0.1, 0.15) is 34.1 Å². The van der Waals surface area contributed by atoms with E-state index in [0.717, 1.165) is 23.1 Å². The molecule has 0 amide bonds. The molecule has 0 radical (unpaired) electrons. The Morgan fingerprint density at radius 1 is 1.04 bits per heavy atom. The van der Waals surface area contributed by atoms with Gasteiger partial charge in [0.25, 0.3) is 5.79 Å². The van der Waals surface area contributed by atoms with Gasteiger partial charge in [0.1, 0.15) is 0 Å². The summed E-state index contributed by atoms with van der Waals surface area (Å²) in [7, 11) is 1.45. The quantitative estimate of drug-likeness (QED) is 0.252. The van der Waals surface area contributed by atoms with Gasteiger partial charge in [-0.15, -0.1) is 0 Å². The number of hydrogen-bond acceptors (Lipinski definition) is 3. The van der Waals surface area contributed by atoms with Crippen molar-refractivity contribution in [2.24, 2.45) is 0 Å². The van der Waals surface area contributed by atoms with Crippen LogP contribution in [-0.4, -0.2) is 17.6 Å². The fourth-order valence-corrected chi connectivity index (χ4v) is 5.09. The van der Waals surface area contributed by atoms with Crippen LogP contribution >= 0.6 is 46.4 Å². The number of nitrogens with zero attached hydrogens (tertiary/aromatic N) is 1. The molecule has 3 aromatic rings. The van der Waals surface area contributed by atoms with E-state index in [9.17, 15) is 4.79 Å². The van der Waals surface area contributed by atoms with Gasteiger partial charge in [-0.1, -0.05) is 64.6 Å². The molecule has 1 aliphatic heterocycles. The second kappa shape index (κ2) is 6.82. The van der Waals surface area contributed by atoms with Crippen molar-refractivity contribution in [3.63, 3.8) is 0 Å². The molecule has 4 rings (SSSR count). The Morgan fingerprint density at radius 3 is 2.32 bits per heavy atom. The van der Waals surface area contributed by atoms with Gasteiger partial charge in [0.15, 0.2) is 0 Å².